The number of aromatic nitrogens is 1. The molecule has 1 aliphatic rings. The largest absolute Gasteiger partial charge is 0.312 e. The van der Waals surface area contributed by atoms with E-state index in [1.54, 1.807) is 0 Å². The normalized spacial score (nSPS) is 14.2. The highest BCUT2D eigenvalue weighted by Gasteiger charge is 2.17. The van der Waals surface area contributed by atoms with E-state index in [1.165, 1.54) is 16.8 Å². The maximum atomic E-state index is 12.4. The third-order valence-electron chi connectivity index (χ3n) is 3.81. The molecular formula is C16H18N2O. The molecular weight excluding hydrogens is 236 g/mol. The maximum Gasteiger partial charge on any atom is 0.235 e. The Balaban J connectivity index is 1.85. The minimum absolute atomic E-state index is 0.164. The highest BCUT2D eigenvalue weighted by molar-refractivity contribution is 5.82. The second-order valence-electron chi connectivity index (χ2n) is 5.08. The molecule has 2 aromatic rings. The second-order valence-corrected chi connectivity index (χ2v) is 5.08. The Kier molecular flexibility index (Phi) is 3.22. The number of benzene rings is 1. The Morgan fingerprint density at radius 3 is 3.00 bits per heavy atom. The van der Waals surface area contributed by atoms with Crippen LogP contribution < -0.4 is 5.32 Å². The number of rotatable bonds is 2. The fraction of sp³-hybridized carbons (Fsp3) is 0.312. The number of carbonyl (C=O) groups excluding carboxylic acids is 1. The van der Waals surface area contributed by atoms with Crippen LogP contribution in [-0.2, 0) is 19.4 Å². The lowest BCUT2D eigenvalue weighted by atomic mass is 10.1. The molecule has 98 valence electrons. The summed E-state index contributed by atoms with van der Waals surface area (Å²) >= 11 is 0. The van der Waals surface area contributed by atoms with Gasteiger partial charge in [0.2, 0.25) is 5.91 Å². The van der Waals surface area contributed by atoms with Gasteiger partial charge in [-0.2, -0.15) is 0 Å². The quantitative estimate of drug-likeness (QED) is 0.892. The SMILES string of the molecule is Cc1ccccc1CC(=O)n1ccc2c1CCNC2. The van der Waals surface area contributed by atoms with E-state index in [2.05, 4.69) is 24.4 Å². The average Bonchev–Trinajstić information content (AvgIpc) is 2.85. The van der Waals surface area contributed by atoms with Crippen LogP contribution in [0.4, 0.5) is 0 Å². The Bertz CT molecular complexity index is 613. The first kappa shape index (κ1) is 12.2. The molecule has 0 aliphatic carbocycles. The van der Waals surface area contributed by atoms with Crippen molar-refractivity contribution in [2.75, 3.05) is 6.54 Å². The first-order valence-corrected chi connectivity index (χ1v) is 6.73. The zero-order chi connectivity index (χ0) is 13.2. The van der Waals surface area contributed by atoms with Gasteiger partial charge in [-0.3, -0.25) is 9.36 Å². The van der Waals surface area contributed by atoms with Gasteiger partial charge < -0.3 is 5.32 Å². The Morgan fingerprint density at radius 2 is 2.16 bits per heavy atom. The van der Waals surface area contributed by atoms with Crippen LogP contribution in [0, 0.1) is 6.92 Å². The third kappa shape index (κ3) is 2.34. The van der Waals surface area contributed by atoms with E-state index >= 15 is 0 Å². The fourth-order valence-corrected chi connectivity index (χ4v) is 2.67. The van der Waals surface area contributed by atoms with Crippen molar-refractivity contribution in [2.24, 2.45) is 0 Å². The number of fused-ring (bicyclic) bond motifs is 1. The van der Waals surface area contributed by atoms with Crippen molar-refractivity contribution in [3.05, 3.63) is 58.9 Å². The topological polar surface area (TPSA) is 34.0 Å². The van der Waals surface area contributed by atoms with Crippen LogP contribution in [0.5, 0.6) is 0 Å². The van der Waals surface area contributed by atoms with Gasteiger partial charge >= 0.3 is 0 Å². The van der Waals surface area contributed by atoms with Gasteiger partial charge in [0, 0.05) is 31.4 Å². The van der Waals surface area contributed by atoms with Crippen molar-refractivity contribution >= 4 is 5.91 Å². The predicted molar refractivity (Wildman–Crippen MR) is 75.4 cm³/mol. The summed E-state index contributed by atoms with van der Waals surface area (Å²) < 4.78 is 1.84. The van der Waals surface area contributed by atoms with Crippen molar-refractivity contribution in [3.63, 3.8) is 0 Å². The van der Waals surface area contributed by atoms with Crippen molar-refractivity contribution < 1.29 is 4.79 Å². The van der Waals surface area contributed by atoms with Crippen molar-refractivity contribution in [1.82, 2.24) is 9.88 Å². The number of carbonyl (C=O) groups is 1. The van der Waals surface area contributed by atoms with E-state index in [0.717, 1.165) is 25.1 Å². The van der Waals surface area contributed by atoms with E-state index in [9.17, 15) is 4.79 Å². The molecule has 0 spiro atoms. The van der Waals surface area contributed by atoms with Gasteiger partial charge in [-0.15, -0.1) is 0 Å². The predicted octanol–water partition coefficient (Wildman–Crippen LogP) is 2.33. The van der Waals surface area contributed by atoms with Gasteiger partial charge in [-0.25, -0.2) is 0 Å². The monoisotopic (exact) mass is 254 g/mol. The van der Waals surface area contributed by atoms with Gasteiger partial charge in [-0.1, -0.05) is 24.3 Å². The molecule has 0 unspecified atom stereocenters. The minimum atomic E-state index is 0.164. The number of hydrogen-bond acceptors (Lipinski definition) is 2. The molecule has 1 aromatic carbocycles. The van der Waals surface area contributed by atoms with Crippen LogP contribution in [0.2, 0.25) is 0 Å². The van der Waals surface area contributed by atoms with E-state index in [-0.39, 0.29) is 5.91 Å². The van der Waals surface area contributed by atoms with Gasteiger partial charge in [-0.05, 0) is 29.7 Å². The van der Waals surface area contributed by atoms with E-state index in [1.807, 2.05) is 29.0 Å². The van der Waals surface area contributed by atoms with Crippen LogP contribution in [0.1, 0.15) is 27.2 Å². The van der Waals surface area contributed by atoms with Crippen LogP contribution in [0.25, 0.3) is 0 Å². The lowest BCUT2D eigenvalue weighted by molar-refractivity contribution is 0.0910. The molecule has 1 N–H and O–H groups in total. The summed E-state index contributed by atoms with van der Waals surface area (Å²) in [5, 5.41) is 3.33. The molecule has 3 heteroatoms. The standard InChI is InChI=1S/C16H18N2O/c1-12-4-2-3-5-13(12)10-16(19)18-9-7-14-11-17-8-6-15(14)18/h2-5,7,9,17H,6,8,10-11H2,1H3. The molecule has 1 aromatic heterocycles. The molecule has 0 bridgehead atoms. The van der Waals surface area contributed by atoms with Crippen molar-refractivity contribution in [1.29, 1.82) is 0 Å². The molecule has 3 nitrogen and oxygen atoms in total. The van der Waals surface area contributed by atoms with Crippen molar-refractivity contribution in [3.8, 4) is 0 Å². The Morgan fingerprint density at radius 1 is 1.32 bits per heavy atom. The summed E-state index contributed by atoms with van der Waals surface area (Å²) in [6.45, 7) is 3.88. The smallest absolute Gasteiger partial charge is 0.235 e. The molecule has 0 radical (unpaired) electrons. The number of nitrogens with zero attached hydrogens (tertiary/aromatic N) is 1. The number of aryl methyl sites for hydroxylation is 1. The molecule has 0 atom stereocenters. The maximum absolute atomic E-state index is 12.4. The fourth-order valence-electron chi connectivity index (χ4n) is 2.67. The Hall–Kier alpha value is -1.87. The molecule has 0 saturated carbocycles. The summed E-state index contributed by atoms with van der Waals surface area (Å²) in [6, 6.07) is 10.1. The Labute approximate surface area is 113 Å². The van der Waals surface area contributed by atoms with Gasteiger partial charge in [0.1, 0.15) is 0 Å². The lowest BCUT2D eigenvalue weighted by Crippen LogP contribution is -2.26. The average molecular weight is 254 g/mol. The highest BCUT2D eigenvalue weighted by Crippen LogP contribution is 2.17. The second kappa shape index (κ2) is 5.02. The zero-order valence-corrected chi connectivity index (χ0v) is 11.1. The van der Waals surface area contributed by atoms with Crippen LogP contribution in [0.15, 0.2) is 36.5 Å². The molecule has 19 heavy (non-hydrogen) atoms. The van der Waals surface area contributed by atoms with E-state index < -0.39 is 0 Å². The summed E-state index contributed by atoms with van der Waals surface area (Å²) in [6.07, 6.45) is 3.32. The van der Waals surface area contributed by atoms with Gasteiger partial charge in [0.05, 0.1) is 6.42 Å². The van der Waals surface area contributed by atoms with Crippen LogP contribution >= 0.6 is 0 Å². The third-order valence-corrected chi connectivity index (χ3v) is 3.81. The molecule has 0 fully saturated rings. The molecule has 2 heterocycles. The summed E-state index contributed by atoms with van der Waals surface area (Å²) in [4.78, 5) is 12.4. The number of hydrogen-bond donors (Lipinski definition) is 1. The molecule has 0 amide bonds. The summed E-state index contributed by atoms with van der Waals surface area (Å²) in [5.41, 5.74) is 4.73. The molecule has 1 aliphatic heterocycles. The highest BCUT2D eigenvalue weighted by atomic mass is 16.2. The number of nitrogens with one attached hydrogen (secondary N) is 1. The van der Waals surface area contributed by atoms with E-state index in [4.69, 9.17) is 0 Å². The zero-order valence-electron chi connectivity index (χ0n) is 11.1. The van der Waals surface area contributed by atoms with Gasteiger partial charge in [0.15, 0.2) is 0 Å². The first-order chi connectivity index (χ1) is 9.25. The summed E-state index contributed by atoms with van der Waals surface area (Å²) in [7, 11) is 0. The van der Waals surface area contributed by atoms with Crippen molar-refractivity contribution in [2.45, 2.75) is 26.3 Å². The minimum Gasteiger partial charge on any atom is -0.312 e. The van der Waals surface area contributed by atoms with Crippen LogP contribution in [-0.4, -0.2) is 17.0 Å². The molecule has 0 saturated heterocycles. The van der Waals surface area contributed by atoms with E-state index in [0.29, 0.717) is 6.42 Å². The van der Waals surface area contributed by atoms with Gasteiger partial charge in [0.25, 0.3) is 0 Å². The first-order valence-electron chi connectivity index (χ1n) is 6.73. The summed E-state index contributed by atoms with van der Waals surface area (Å²) in [5.74, 6) is 0.164. The van der Waals surface area contributed by atoms with Crippen LogP contribution in [0.3, 0.4) is 0 Å². The lowest BCUT2D eigenvalue weighted by Gasteiger charge is -2.16. The molecule has 3 rings (SSSR count).